The first-order valence-corrected chi connectivity index (χ1v) is 9.32. The van der Waals surface area contributed by atoms with E-state index < -0.39 is 0 Å². The molecule has 1 N–H and O–H groups in total. The van der Waals surface area contributed by atoms with Gasteiger partial charge in [-0.1, -0.05) is 12.1 Å². The molecule has 2 aromatic rings. The molecule has 25 heavy (non-hydrogen) atoms. The molecular weight excluding hydrogens is 312 g/mol. The lowest BCUT2D eigenvalue weighted by molar-refractivity contribution is 0.205. The Balaban J connectivity index is 1.42. The van der Waals surface area contributed by atoms with Crippen LogP contribution in [0.1, 0.15) is 36.0 Å². The van der Waals surface area contributed by atoms with Crippen LogP contribution in [0.15, 0.2) is 24.3 Å². The second kappa shape index (κ2) is 7.14. The molecule has 1 fully saturated rings. The molecule has 3 heterocycles. The molecular formula is C19H28N6. The van der Waals surface area contributed by atoms with Gasteiger partial charge in [0.15, 0.2) is 0 Å². The summed E-state index contributed by atoms with van der Waals surface area (Å²) in [6.07, 6.45) is 2.36. The molecule has 1 saturated heterocycles. The molecule has 0 spiro atoms. The van der Waals surface area contributed by atoms with Crippen LogP contribution in [0.25, 0.3) is 0 Å². The van der Waals surface area contributed by atoms with Gasteiger partial charge in [0.25, 0.3) is 0 Å². The minimum atomic E-state index is 0.577. The summed E-state index contributed by atoms with van der Waals surface area (Å²) in [7, 11) is 4.15. The van der Waals surface area contributed by atoms with E-state index in [-0.39, 0.29) is 0 Å². The van der Waals surface area contributed by atoms with Gasteiger partial charge in [-0.15, -0.1) is 10.2 Å². The Bertz CT molecular complexity index is 699. The molecule has 0 radical (unpaired) electrons. The summed E-state index contributed by atoms with van der Waals surface area (Å²) in [5.41, 5.74) is 2.60. The van der Waals surface area contributed by atoms with Crippen LogP contribution in [0.4, 0.5) is 5.69 Å². The third-order valence-electron chi connectivity index (χ3n) is 5.42. The molecule has 1 aromatic carbocycles. The van der Waals surface area contributed by atoms with E-state index in [4.69, 9.17) is 0 Å². The summed E-state index contributed by atoms with van der Waals surface area (Å²) < 4.78 is 2.38. The average Bonchev–Trinajstić information content (AvgIpc) is 3.06. The minimum absolute atomic E-state index is 0.577. The quantitative estimate of drug-likeness (QED) is 0.920. The van der Waals surface area contributed by atoms with E-state index in [0.717, 1.165) is 45.1 Å². The summed E-state index contributed by atoms with van der Waals surface area (Å²) in [6, 6.07) is 8.85. The van der Waals surface area contributed by atoms with Gasteiger partial charge in [0.1, 0.15) is 11.6 Å². The first kappa shape index (κ1) is 16.5. The van der Waals surface area contributed by atoms with Gasteiger partial charge in [-0.25, -0.2) is 0 Å². The van der Waals surface area contributed by atoms with Gasteiger partial charge in [-0.05, 0) is 43.6 Å². The summed E-state index contributed by atoms with van der Waals surface area (Å²) in [6.45, 7) is 6.15. The molecule has 0 unspecified atom stereocenters. The maximum Gasteiger partial charge on any atom is 0.147 e. The molecule has 6 nitrogen and oxygen atoms in total. The lowest BCUT2D eigenvalue weighted by Crippen LogP contribution is -2.35. The fraction of sp³-hybridized carbons (Fsp3) is 0.579. The highest BCUT2D eigenvalue weighted by molar-refractivity contribution is 5.45. The smallest absolute Gasteiger partial charge is 0.147 e. The van der Waals surface area contributed by atoms with Crippen molar-refractivity contribution in [2.75, 3.05) is 38.6 Å². The number of fused-ring (bicyclic) bond motifs is 1. The largest absolute Gasteiger partial charge is 0.378 e. The molecule has 0 amide bonds. The predicted molar refractivity (Wildman–Crippen MR) is 99.7 cm³/mol. The van der Waals surface area contributed by atoms with E-state index >= 15 is 0 Å². The average molecular weight is 340 g/mol. The van der Waals surface area contributed by atoms with Crippen LogP contribution in [-0.4, -0.2) is 53.4 Å². The fourth-order valence-corrected chi connectivity index (χ4v) is 3.91. The standard InChI is InChI=1S/C19H28N6/c1-23(2)17-5-3-15(4-6-17)13-24-11-12-25-18(14-24)21-22-19(25)16-7-9-20-10-8-16/h3-6,16,20H,7-14H2,1-2H3. The molecule has 134 valence electrons. The van der Waals surface area contributed by atoms with Crippen LogP contribution in [-0.2, 0) is 19.6 Å². The Hall–Kier alpha value is -1.92. The first-order chi connectivity index (χ1) is 12.2. The number of hydrogen-bond acceptors (Lipinski definition) is 5. The third kappa shape index (κ3) is 3.55. The van der Waals surface area contributed by atoms with E-state index in [0.29, 0.717) is 5.92 Å². The van der Waals surface area contributed by atoms with Gasteiger partial charge in [0, 0.05) is 45.3 Å². The predicted octanol–water partition coefficient (Wildman–Crippen LogP) is 1.83. The normalized spacial score (nSPS) is 19.0. The minimum Gasteiger partial charge on any atom is -0.378 e. The molecule has 2 aliphatic rings. The zero-order valence-corrected chi connectivity index (χ0v) is 15.3. The van der Waals surface area contributed by atoms with Crippen LogP contribution < -0.4 is 10.2 Å². The zero-order valence-electron chi connectivity index (χ0n) is 15.3. The van der Waals surface area contributed by atoms with Gasteiger partial charge in [-0.2, -0.15) is 0 Å². The SMILES string of the molecule is CN(C)c1ccc(CN2CCn3c(nnc3C3CCNCC3)C2)cc1. The van der Waals surface area contributed by atoms with Crippen molar-refractivity contribution >= 4 is 5.69 Å². The highest BCUT2D eigenvalue weighted by Gasteiger charge is 2.26. The van der Waals surface area contributed by atoms with Crippen LogP contribution in [0.5, 0.6) is 0 Å². The van der Waals surface area contributed by atoms with Crippen LogP contribution in [0.3, 0.4) is 0 Å². The molecule has 0 atom stereocenters. The van der Waals surface area contributed by atoms with E-state index in [2.05, 4.69) is 68.2 Å². The van der Waals surface area contributed by atoms with Crippen molar-refractivity contribution in [1.82, 2.24) is 25.0 Å². The second-order valence-corrected chi connectivity index (χ2v) is 7.42. The van der Waals surface area contributed by atoms with Crippen molar-refractivity contribution in [1.29, 1.82) is 0 Å². The highest BCUT2D eigenvalue weighted by atomic mass is 15.3. The van der Waals surface area contributed by atoms with Gasteiger partial charge < -0.3 is 14.8 Å². The molecule has 6 heteroatoms. The van der Waals surface area contributed by atoms with Crippen molar-refractivity contribution in [2.45, 2.75) is 38.4 Å². The number of benzene rings is 1. The number of rotatable bonds is 4. The van der Waals surface area contributed by atoms with Crippen molar-refractivity contribution < 1.29 is 0 Å². The summed E-state index contributed by atoms with van der Waals surface area (Å²) in [4.78, 5) is 4.61. The topological polar surface area (TPSA) is 49.2 Å². The van der Waals surface area contributed by atoms with Crippen LogP contribution >= 0.6 is 0 Å². The Morgan fingerprint density at radius 1 is 1.08 bits per heavy atom. The summed E-state index contributed by atoms with van der Waals surface area (Å²) >= 11 is 0. The molecule has 1 aromatic heterocycles. The zero-order chi connectivity index (χ0) is 17.2. The number of anilines is 1. The Morgan fingerprint density at radius 2 is 1.84 bits per heavy atom. The summed E-state index contributed by atoms with van der Waals surface area (Å²) in [5, 5.41) is 12.5. The molecule has 2 aliphatic heterocycles. The Labute approximate surface area is 149 Å². The van der Waals surface area contributed by atoms with E-state index in [9.17, 15) is 0 Å². The van der Waals surface area contributed by atoms with Crippen molar-refractivity contribution in [2.24, 2.45) is 0 Å². The number of aromatic nitrogens is 3. The van der Waals surface area contributed by atoms with Gasteiger partial charge in [0.2, 0.25) is 0 Å². The van der Waals surface area contributed by atoms with Gasteiger partial charge >= 0.3 is 0 Å². The van der Waals surface area contributed by atoms with Crippen molar-refractivity contribution in [3.05, 3.63) is 41.5 Å². The lowest BCUT2D eigenvalue weighted by Gasteiger charge is -2.29. The molecule has 0 saturated carbocycles. The summed E-state index contributed by atoms with van der Waals surface area (Å²) in [5.74, 6) is 2.92. The maximum atomic E-state index is 4.55. The maximum absolute atomic E-state index is 4.55. The van der Waals surface area contributed by atoms with Crippen molar-refractivity contribution in [3.63, 3.8) is 0 Å². The number of nitrogens with one attached hydrogen (secondary N) is 1. The van der Waals surface area contributed by atoms with Crippen LogP contribution in [0, 0.1) is 0 Å². The number of hydrogen-bond donors (Lipinski definition) is 1. The van der Waals surface area contributed by atoms with Gasteiger partial charge in [-0.3, -0.25) is 4.90 Å². The van der Waals surface area contributed by atoms with Gasteiger partial charge in [0.05, 0.1) is 6.54 Å². The monoisotopic (exact) mass is 340 g/mol. The lowest BCUT2D eigenvalue weighted by atomic mass is 9.97. The van der Waals surface area contributed by atoms with E-state index in [1.54, 1.807) is 0 Å². The number of nitrogens with zero attached hydrogens (tertiary/aromatic N) is 5. The Kier molecular flexibility index (Phi) is 4.72. The molecule has 4 rings (SSSR count). The van der Waals surface area contributed by atoms with Crippen LogP contribution in [0.2, 0.25) is 0 Å². The third-order valence-corrected chi connectivity index (χ3v) is 5.42. The highest BCUT2D eigenvalue weighted by Crippen LogP contribution is 2.26. The van der Waals surface area contributed by atoms with E-state index in [1.807, 2.05) is 0 Å². The fourth-order valence-electron chi connectivity index (χ4n) is 3.91. The first-order valence-electron chi connectivity index (χ1n) is 9.32. The molecule has 0 aliphatic carbocycles. The second-order valence-electron chi connectivity index (χ2n) is 7.42. The molecule has 0 bridgehead atoms. The van der Waals surface area contributed by atoms with E-state index in [1.165, 1.54) is 29.9 Å². The Morgan fingerprint density at radius 3 is 2.56 bits per heavy atom. The van der Waals surface area contributed by atoms with Crippen molar-refractivity contribution in [3.8, 4) is 0 Å². The number of piperidine rings is 1.